The SMILES string of the molecule is Cc1ccc(=O)n(CC2CCN(CCN3CCNC(=O)CC3)CC2)n1. The van der Waals surface area contributed by atoms with Gasteiger partial charge in [0.2, 0.25) is 5.91 Å². The highest BCUT2D eigenvalue weighted by molar-refractivity contribution is 5.76. The van der Waals surface area contributed by atoms with Crippen molar-refractivity contribution in [3.8, 4) is 0 Å². The van der Waals surface area contributed by atoms with Gasteiger partial charge in [-0.05, 0) is 44.8 Å². The van der Waals surface area contributed by atoms with Crippen LogP contribution in [0, 0.1) is 12.8 Å². The van der Waals surface area contributed by atoms with Crippen molar-refractivity contribution in [1.82, 2.24) is 24.9 Å². The lowest BCUT2D eigenvalue weighted by Gasteiger charge is -2.33. The lowest BCUT2D eigenvalue weighted by molar-refractivity contribution is -0.120. The zero-order valence-corrected chi connectivity index (χ0v) is 15.1. The van der Waals surface area contributed by atoms with E-state index >= 15 is 0 Å². The van der Waals surface area contributed by atoms with Gasteiger partial charge in [0, 0.05) is 51.8 Å². The van der Waals surface area contributed by atoms with Gasteiger partial charge in [-0.15, -0.1) is 0 Å². The molecule has 3 rings (SSSR count). The van der Waals surface area contributed by atoms with Crippen LogP contribution < -0.4 is 10.9 Å². The summed E-state index contributed by atoms with van der Waals surface area (Å²) < 4.78 is 1.62. The average Bonchev–Trinajstić information content (AvgIpc) is 2.82. The van der Waals surface area contributed by atoms with E-state index in [1.807, 2.05) is 6.92 Å². The first kappa shape index (κ1) is 18.1. The van der Waals surface area contributed by atoms with Crippen molar-refractivity contribution in [2.45, 2.75) is 32.7 Å². The molecule has 0 unspecified atom stereocenters. The third-order valence-corrected chi connectivity index (χ3v) is 5.28. The molecule has 2 aliphatic heterocycles. The molecule has 138 valence electrons. The maximum atomic E-state index is 11.9. The van der Waals surface area contributed by atoms with Crippen LogP contribution in [0.3, 0.4) is 0 Å². The van der Waals surface area contributed by atoms with Crippen molar-refractivity contribution >= 4 is 5.91 Å². The third-order valence-electron chi connectivity index (χ3n) is 5.28. The summed E-state index contributed by atoms with van der Waals surface area (Å²) in [6, 6.07) is 3.38. The van der Waals surface area contributed by atoms with Crippen LogP contribution in [-0.2, 0) is 11.3 Å². The van der Waals surface area contributed by atoms with Crippen LogP contribution in [0.25, 0.3) is 0 Å². The van der Waals surface area contributed by atoms with Gasteiger partial charge in [0.1, 0.15) is 0 Å². The molecule has 1 aromatic heterocycles. The normalized spacial score (nSPS) is 21.1. The summed E-state index contributed by atoms with van der Waals surface area (Å²) in [6.45, 7) is 9.47. The number of aromatic nitrogens is 2. The number of carbonyl (C=O) groups is 1. The first-order valence-electron chi connectivity index (χ1n) is 9.36. The molecule has 0 atom stereocenters. The van der Waals surface area contributed by atoms with Gasteiger partial charge in [-0.25, -0.2) is 4.68 Å². The maximum absolute atomic E-state index is 11.9. The first-order valence-corrected chi connectivity index (χ1v) is 9.36. The number of nitrogens with zero attached hydrogens (tertiary/aromatic N) is 4. The molecule has 1 aromatic rings. The molecule has 0 aliphatic carbocycles. The quantitative estimate of drug-likeness (QED) is 0.817. The molecule has 3 heterocycles. The van der Waals surface area contributed by atoms with Gasteiger partial charge in [0.05, 0.1) is 5.69 Å². The summed E-state index contributed by atoms with van der Waals surface area (Å²) in [5.41, 5.74) is 0.889. The van der Waals surface area contributed by atoms with Crippen LogP contribution in [-0.4, -0.2) is 71.3 Å². The van der Waals surface area contributed by atoms with Crippen LogP contribution >= 0.6 is 0 Å². The summed E-state index contributed by atoms with van der Waals surface area (Å²) in [5, 5.41) is 7.27. The fourth-order valence-corrected chi connectivity index (χ4v) is 3.64. The molecule has 7 nitrogen and oxygen atoms in total. The van der Waals surface area contributed by atoms with Gasteiger partial charge in [-0.1, -0.05) is 0 Å². The van der Waals surface area contributed by atoms with Gasteiger partial charge in [-0.3, -0.25) is 14.5 Å². The van der Waals surface area contributed by atoms with E-state index in [1.54, 1.807) is 16.8 Å². The highest BCUT2D eigenvalue weighted by Crippen LogP contribution is 2.18. The molecular formula is C18H29N5O2. The minimum Gasteiger partial charge on any atom is -0.355 e. The number of piperidine rings is 1. The highest BCUT2D eigenvalue weighted by Gasteiger charge is 2.21. The predicted molar refractivity (Wildman–Crippen MR) is 96.5 cm³/mol. The number of hydrogen-bond donors (Lipinski definition) is 1. The van der Waals surface area contributed by atoms with Gasteiger partial charge < -0.3 is 10.2 Å². The number of hydrogen-bond acceptors (Lipinski definition) is 5. The molecule has 2 aliphatic rings. The summed E-state index contributed by atoms with van der Waals surface area (Å²) in [4.78, 5) is 28.2. The lowest BCUT2D eigenvalue weighted by atomic mass is 9.97. The molecule has 0 aromatic carbocycles. The van der Waals surface area contributed by atoms with Crippen LogP contribution in [0.15, 0.2) is 16.9 Å². The molecule has 2 fully saturated rings. The highest BCUT2D eigenvalue weighted by atomic mass is 16.1. The molecule has 7 heteroatoms. The Morgan fingerprint density at radius 3 is 2.56 bits per heavy atom. The van der Waals surface area contributed by atoms with E-state index in [4.69, 9.17) is 0 Å². The maximum Gasteiger partial charge on any atom is 0.266 e. The predicted octanol–water partition coefficient (Wildman–Crippen LogP) is 0.0856. The van der Waals surface area contributed by atoms with Gasteiger partial charge in [-0.2, -0.15) is 5.10 Å². The second-order valence-electron chi connectivity index (χ2n) is 7.22. The number of amides is 1. The summed E-state index contributed by atoms with van der Waals surface area (Å²) >= 11 is 0. The zero-order chi connectivity index (χ0) is 17.6. The van der Waals surface area contributed by atoms with Crippen molar-refractivity contribution in [2.75, 3.05) is 45.8 Å². The van der Waals surface area contributed by atoms with E-state index in [9.17, 15) is 9.59 Å². The standard InChI is InChI=1S/C18H29N5O2/c1-15-2-3-18(25)23(20-15)14-16-4-8-21(9-5-16)12-13-22-10-6-17(24)19-7-11-22/h2-3,16H,4-14H2,1H3,(H,19,24). The molecule has 0 bridgehead atoms. The fraction of sp³-hybridized carbons (Fsp3) is 0.722. The van der Waals surface area contributed by atoms with Gasteiger partial charge >= 0.3 is 0 Å². The largest absolute Gasteiger partial charge is 0.355 e. The summed E-state index contributed by atoms with van der Waals surface area (Å²) in [5.74, 6) is 0.701. The molecule has 1 amide bonds. The van der Waals surface area contributed by atoms with E-state index in [2.05, 4.69) is 20.2 Å². The van der Waals surface area contributed by atoms with E-state index in [0.717, 1.165) is 70.9 Å². The number of nitrogens with one attached hydrogen (secondary N) is 1. The Bertz CT molecular complexity index is 637. The minimum atomic E-state index is -0.00245. The molecule has 0 spiro atoms. The molecule has 2 saturated heterocycles. The Morgan fingerprint density at radius 2 is 1.80 bits per heavy atom. The van der Waals surface area contributed by atoms with Gasteiger partial charge in [0.15, 0.2) is 0 Å². The Kier molecular flexibility index (Phi) is 6.20. The average molecular weight is 347 g/mol. The van der Waals surface area contributed by atoms with Gasteiger partial charge in [0.25, 0.3) is 5.56 Å². The van der Waals surface area contributed by atoms with Crippen LogP contribution in [0.2, 0.25) is 0 Å². The summed E-state index contributed by atoms with van der Waals surface area (Å²) in [7, 11) is 0. The smallest absolute Gasteiger partial charge is 0.266 e. The molecule has 25 heavy (non-hydrogen) atoms. The summed E-state index contributed by atoms with van der Waals surface area (Å²) in [6.07, 6.45) is 2.84. The van der Waals surface area contributed by atoms with Crippen LogP contribution in [0.4, 0.5) is 0 Å². The lowest BCUT2D eigenvalue weighted by Crippen LogP contribution is -2.41. The van der Waals surface area contributed by atoms with E-state index < -0.39 is 0 Å². The minimum absolute atomic E-state index is 0.00245. The Balaban J connectivity index is 1.40. The number of aryl methyl sites for hydroxylation is 1. The molecule has 0 radical (unpaired) electrons. The van der Waals surface area contributed by atoms with Crippen LogP contribution in [0.1, 0.15) is 25.0 Å². The van der Waals surface area contributed by atoms with Crippen LogP contribution in [0.5, 0.6) is 0 Å². The molecule has 0 saturated carbocycles. The first-order chi connectivity index (χ1) is 12.1. The third kappa shape index (κ3) is 5.37. The Hall–Kier alpha value is -1.73. The number of likely N-dealkylation sites (tertiary alicyclic amines) is 1. The second-order valence-corrected chi connectivity index (χ2v) is 7.22. The van der Waals surface area contributed by atoms with Crippen molar-refractivity contribution in [3.05, 3.63) is 28.2 Å². The topological polar surface area (TPSA) is 70.5 Å². The molecule has 1 N–H and O–H groups in total. The monoisotopic (exact) mass is 347 g/mol. The van der Waals surface area contributed by atoms with Crippen molar-refractivity contribution in [3.63, 3.8) is 0 Å². The number of rotatable bonds is 5. The Morgan fingerprint density at radius 1 is 1.08 bits per heavy atom. The van der Waals surface area contributed by atoms with Crippen molar-refractivity contribution in [2.24, 2.45) is 5.92 Å². The van der Waals surface area contributed by atoms with Crippen molar-refractivity contribution in [1.29, 1.82) is 0 Å². The van der Waals surface area contributed by atoms with E-state index in [-0.39, 0.29) is 11.5 Å². The van der Waals surface area contributed by atoms with Crippen molar-refractivity contribution < 1.29 is 4.79 Å². The van der Waals surface area contributed by atoms with E-state index in [1.165, 1.54) is 0 Å². The fourth-order valence-electron chi connectivity index (χ4n) is 3.64. The number of carbonyl (C=O) groups excluding carboxylic acids is 1. The zero-order valence-electron chi connectivity index (χ0n) is 15.1. The second kappa shape index (κ2) is 8.58. The Labute approximate surface area is 149 Å². The van der Waals surface area contributed by atoms with E-state index in [0.29, 0.717) is 12.3 Å². The molecular weight excluding hydrogens is 318 g/mol.